The van der Waals surface area contributed by atoms with E-state index in [9.17, 15) is 24.0 Å². The lowest BCUT2D eigenvalue weighted by atomic mass is 9.95. The monoisotopic (exact) mass is 686 g/mol. The molecule has 2 aromatic rings. The molecule has 3 N–H and O–H groups in total. The number of nitrogens with zero attached hydrogens (tertiary/aromatic N) is 3. The predicted octanol–water partition coefficient (Wildman–Crippen LogP) is 1.79. The normalized spacial score (nSPS) is 26.2. The SMILES string of the molecule is CC(C)[C@@H]1NC(=O)COc2ccc(cc2)C[C@@H](C(=O)N2CCC(N3CCc4ccccc4C3)CC2)NC(=O)[C@H](C)NC(=O)[C@H]2CCCN2C1=O. The number of piperidine rings is 1. The molecule has 2 bridgehead atoms. The number of carbonyl (C=O) groups is 5. The fraction of sp³-hybridized carbons (Fsp3) is 0.553. The number of ether oxygens (including phenoxy) is 1. The van der Waals surface area contributed by atoms with Gasteiger partial charge in [0.2, 0.25) is 23.6 Å². The molecule has 12 nitrogen and oxygen atoms in total. The molecule has 12 heteroatoms. The Balaban J connectivity index is 1.17. The zero-order chi connectivity index (χ0) is 35.4. The number of amides is 5. The number of benzene rings is 2. The average Bonchev–Trinajstić information content (AvgIpc) is 3.62. The van der Waals surface area contributed by atoms with Crippen LogP contribution >= 0.6 is 0 Å². The molecule has 0 spiro atoms. The molecule has 0 saturated carbocycles. The predicted molar refractivity (Wildman–Crippen MR) is 187 cm³/mol. The zero-order valence-corrected chi connectivity index (χ0v) is 29.4. The van der Waals surface area contributed by atoms with Gasteiger partial charge in [-0.3, -0.25) is 28.9 Å². The van der Waals surface area contributed by atoms with Crippen LogP contribution in [0.3, 0.4) is 0 Å². The molecule has 2 saturated heterocycles. The van der Waals surface area contributed by atoms with Crippen LogP contribution in [0, 0.1) is 5.92 Å². The third-order valence-electron chi connectivity index (χ3n) is 10.6. The molecule has 0 aliphatic carbocycles. The molecule has 5 amide bonds. The van der Waals surface area contributed by atoms with E-state index in [1.807, 2.05) is 30.9 Å². The van der Waals surface area contributed by atoms with Crippen LogP contribution in [0.4, 0.5) is 0 Å². The van der Waals surface area contributed by atoms with Crippen molar-refractivity contribution in [2.75, 3.05) is 32.8 Å². The number of rotatable bonds is 3. The lowest BCUT2D eigenvalue weighted by molar-refractivity contribution is -0.143. The van der Waals surface area contributed by atoms with E-state index in [-0.39, 0.29) is 30.8 Å². The Bertz CT molecular complexity index is 1570. The Kier molecular flexibility index (Phi) is 11.1. The highest BCUT2D eigenvalue weighted by atomic mass is 16.5. The number of carbonyl (C=O) groups excluding carboxylic acids is 5. The lowest BCUT2D eigenvalue weighted by Crippen LogP contribution is -2.59. The molecule has 2 aromatic carbocycles. The van der Waals surface area contributed by atoms with Crippen molar-refractivity contribution in [3.05, 3.63) is 65.2 Å². The van der Waals surface area contributed by atoms with Gasteiger partial charge < -0.3 is 30.5 Å². The van der Waals surface area contributed by atoms with Crippen molar-refractivity contribution in [1.82, 2.24) is 30.7 Å². The summed E-state index contributed by atoms with van der Waals surface area (Å²) in [6.45, 7) is 8.47. The number of fused-ring (bicyclic) bond motifs is 14. The van der Waals surface area contributed by atoms with Crippen molar-refractivity contribution in [2.45, 2.75) is 96.1 Å². The molecule has 268 valence electrons. The second-order valence-electron chi connectivity index (χ2n) is 14.5. The van der Waals surface area contributed by atoms with Crippen molar-refractivity contribution in [3.8, 4) is 5.75 Å². The maximum Gasteiger partial charge on any atom is 0.258 e. The van der Waals surface area contributed by atoms with Crippen LogP contribution in [0.5, 0.6) is 5.75 Å². The van der Waals surface area contributed by atoms with Gasteiger partial charge in [-0.2, -0.15) is 0 Å². The van der Waals surface area contributed by atoms with Crippen LogP contribution in [0.1, 0.15) is 63.1 Å². The van der Waals surface area contributed by atoms with Crippen LogP contribution in [0.2, 0.25) is 0 Å². The molecule has 4 atom stereocenters. The van der Waals surface area contributed by atoms with Gasteiger partial charge in [0.1, 0.15) is 29.9 Å². The van der Waals surface area contributed by atoms with Gasteiger partial charge >= 0.3 is 0 Å². The molecule has 5 aliphatic heterocycles. The van der Waals surface area contributed by atoms with Gasteiger partial charge in [0.15, 0.2) is 6.61 Å². The van der Waals surface area contributed by atoms with E-state index in [2.05, 4.69) is 45.1 Å². The fourth-order valence-corrected chi connectivity index (χ4v) is 7.69. The summed E-state index contributed by atoms with van der Waals surface area (Å²) in [5, 5.41) is 8.53. The van der Waals surface area contributed by atoms with Crippen LogP contribution in [-0.2, 0) is 43.4 Å². The van der Waals surface area contributed by atoms with Gasteiger partial charge in [-0.15, -0.1) is 0 Å². The molecule has 0 unspecified atom stereocenters. The smallest absolute Gasteiger partial charge is 0.258 e. The Morgan fingerprint density at radius 1 is 0.840 bits per heavy atom. The summed E-state index contributed by atoms with van der Waals surface area (Å²) in [6, 6.07) is 12.7. The van der Waals surface area contributed by atoms with Crippen molar-refractivity contribution in [3.63, 3.8) is 0 Å². The highest BCUT2D eigenvalue weighted by Crippen LogP contribution is 2.26. The summed E-state index contributed by atoms with van der Waals surface area (Å²) in [4.78, 5) is 73.5. The summed E-state index contributed by atoms with van der Waals surface area (Å²) >= 11 is 0. The minimum atomic E-state index is -0.943. The summed E-state index contributed by atoms with van der Waals surface area (Å²) in [5.41, 5.74) is 3.60. The maximum atomic E-state index is 14.1. The van der Waals surface area contributed by atoms with E-state index in [1.54, 1.807) is 19.1 Å². The Morgan fingerprint density at radius 3 is 2.28 bits per heavy atom. The van der Waals surface area contributed by atoms with Gasteiger partial charge in [0, 0.05) is 45.2 Å². The van der Waals surface area contributed by atoms with Crippen molar-refractivity contribution >= 4 is 29.5 Å². The lowest BCUT2D eigenvalue weighted by Gasteiger charge is -2.41. The fourth-order valence-electron chi connectivity index (χ4n) is 7.69. The van der Waals surface area contributed by atoms with Crippen LogP contribution in [0.15, 0.2) is 48.5 Å². The van der Waals surface area contributed by atoms with E-state index >= 15 is 0 Å². The minimum Gasteiger partial charge on any atom is -0.484 e. The molecular weight excluding hydrogens is 636 g/mol. The van der Waals surface area contributed by atoms with E-state index in [0.717, 1.165) is 37.9 Å². The summed E-state index contributed by atoms with van der Waals surface area (Å²) in [5.74, 6) is -1.61. The topological polar surface area (TPSA) is 140 Å². The largest absolute Gasteiger partial charge is 0.484 e. The number of hydrogen-bond donors (Lipinski definition) is 3. The summed E-state index contributed by atoms with van der Waals surface area (Å²) in [7, 11) is 0. The average molecular weight is 687 g/mol. The van der Waals surface area contributed by atoms with Gasteiger partial charge in [-0.05, 0) is 73.8 Å². The van der Waals surface area contributed by atoms with E-state index in [4.69, 9.17) is 4.74 Å². The Hall–Kier alpha value is -4.45. The summed E-state index contributed by atoms with van der Waals surface area (Å²) in [6.07, 6.45) is 4.06. The van der Waals surface area contributed by atoms with Gasteiger partial charge in [0.05, 0.1) is 0 Å². The first-order chi connectivity index (χ1) is 24.1. The van der Waals surface area contributed by atoms with Gasteiger partial charge in [-0.1, -0.05) is 50.2 Å². The Morgan fingerprint density at radius 2 is 1.56 bits per heavy atom. The van der Waals surface area contributed by atoms with Crippen molar-refractivity contribution in [1.29, 1.82) is 0 Å². The van der Waals surface area contributed by atoms with Crippen molar-refractivity contribution < 1.29 is 28.7 Å². The van der Waals surface area contributed by atoms with E-state index in [1.165, 1.54) is 16.0 Å². The number of nitrogens with one attached hydrogen (secondary N) is 3. The molecule has 5 aliphatic rings. The van der Waals surface area contributed by atoms with Gasteiger partial charge in [0.25, 0.3) is 5.91 Å². The molecule has 7 rings (SSSR count). The summed E-state index contributed by atoms with van der Waals surface area (Å²) < 4.78 is 5.73. The molecule has 5 heterocycles. The van der Waals surface area contributed by atoms with E-state index < -0.39 is 41.9 Å². The quantitative estimate of drug-likeness (QED) is 0.448. The number of likely N-dealkylation sites (tertiary alicyclic amines) is 1. The first kappa shape index (κ1) is 35.4. The second kappa shape index (κ2) is 15.6. The van der Waals surface area contributed by atoms with E-state index in [0.29, 0.717) is 44.3 Å². The molecule has 2 fully saturated rings. The molecule has 0 radical (unpaired) electrons. The third-order valence-corrected chi connectivity index (χ3v) is 10.6. The standard InChI is InChI=1S/C38H50N6O6/c1-24(2)34-38(49)44-17-6-9-32(44)36(47)39-25(3)35(46)40-31(21-26-10-12-30(13-11-26)50-23-33(45)41-34)37(48)42-19-15-29(16-20-42)43-18-14-27-7-4-5-8-28(27)22-43/h4-5,7-8,10-13,24-25,29,31-32,34H,6,9,14-23H2,1-3H3,(H,39,47)(H,40,46)(H,41,45)/t25-,31-,32+,34-/m0/s1. The van der Waals surface area contributed by atoms with Gasteiger partial charge in [-0.25, -0.2) is 0 Å². The molecule has 0 aromatic heterocycles. The van der Waals surface area contributed by atoms with Crippen LogP contribution in [-0.4, -0.2) is 107 Å². The maximum absolute atomic E-state index is 14.1. The first-order valence-electron chi connectivity index (χ1n) is 18.1. The first-order valence-corrected chi connectivity index (χ1v) is 18.1. The Labute approximate surface area is 294 Å². The van der Waals surface area contributed by atoms with Crippen LogP contribution in [0.25, 0.3) is 0 Å². The highest BCUT2D eigenvalue weighted by molar-refractivity contribution is 5.96. The third kappa shape index (κ3) is 8.12. The number of hydrogen-bond acceptors (Lipinski definition) is 7. The highest BCUT2D eigenvalue weighted by Gasteiger charge is 2.40. The molecule has 50 heavy (non-hydrogen) atoms. The zero-order valence-electron chi connectivity index (χ0n) is 29.4. The van der Waals surface area contributed by atoms with Crippen molar-refractivity contribution in [2.24, 2.45) is 5.92 Å². The molecular formula is C38H50N6O6. The second-order valence-corrected chi connectivity index (χ2v) is 14.5. The minimum absolute atomic E-state index is 0.158. The van der Waals surface area contributed by atoms with Crippen LogP contribution < -0.4 is 20.7 Å².